The van der Waals surface area contributed by atoms with Crippen LogP contribution in [0.25, 0.3) is 0 Å². The molecule has 2 heteroatoms. The highest BCUT2D eigenvalue weighted by Gasteiger charge is 2.20. The summed E-state index contributed by atoms with van der Waals surface area (Å²) in [6.45, 7) is 10.0. The van der Waals surface area contributed by atoms with E-state index in [1.54, 1.807) is 0 Å². The number of rotatable bonds is 4. The quantitative estimate of drug-likeness (QED) is 0.670. The van der Waals surface area contributed by atoms with Crippen LogP contribution in [0.3, 0.4) is 0 Å². The second-order valence-electron chi connectivity index (χ2n) is 3.86. The van der Waals surface area contributed by atoms with Gasteiger partial charge in [-0.2, -0.15) is 0 Å². The van der Waals surface area contributed by atoms with Crippen LogP contribution in [0, 0.1) is 5.92 Å². The number of hydrogen-bond donors (Lipinski definition) is 1. The maximum absolute atomic E-state index is 8.82. The Morgan fingerprint density at radius 2 is 2.38 bits per heavy atom. The fraction of sp³-hybridized carbons (Fsp3) is 0.818. The maximum Gasteiger partial charge on any atom is 0.0468 e. The molecular formula is C11H21NO. The standard InChI is InChI=1S/C11H21NO/c1-3-12-7-4-5-11(9-12)10(2)6-8-13/h11,13H,2-9H2,1H3. The molecule has 0 radical (unpaired) electrons. The van der Waals surface area contributed by atoms with E-state index >= 15 is 0 Å². The zero-order chi connectivity index (χ0) is 9.68. The van der Waals surface area contributed by atoms with Crippen molar-refractivity contribution in [2.75, 3.05) is 26.2 Å². The van der Waals surface area contributed by atoms with Crippen molar-refractivity contribution in [2.45, 2.75) is 26.2 Å². The first-order valence-corrected chi connectivity index (χ1v) is 5.28. The largest absolute Gasteiger partial charge is 0.396 e. The number of aliphatic hydroxyl groups is 1. The molecule has 1 atom stereocenters. The molecule has 1 saturated heterocycles. The van der Waals surface area contributed by atoms with E-state index in [2.05, 4.69) is 18.4 Å². The Kier molecular flexibility index (Phi) is 4.46. The van der Waals surface area contributed by atoms with Crippen LogP contribution in [0.1, 0.15) is 26.2 Å². The Morgan fingerprint density at radius 3 is 3.00 bits per heavy atom. The van der Waals surface area contributed by atoms with Crippen molar-refractivity contribution in [3.63, 3.8) is 0 Å². The summed E-state index contributed by atoms with van der Waals surface area (Å²) in [7, 11) is 0. The van der Waals surface area contributed by atoms with E-state index in [0.717, 1.165) is 19.5 Å². The van der Waals surface area contributed by atoms with Gasteiger partial charge in [0.15, 0.2) is 0 Å². The van der Waals surface area contributed by atoms with Gasteiger partial charge in [-0.05, 0) is 38.3 Å². The molecule has 0 saturated carbocycles. The highest BCUT2D eigenvalue weighted by atomic mass is 16.2. The molecule has 1 aliphatic rings. The molecule has 1 heterocycles. The van der Waals surface area contributed by atoms with Crippen molar-refractivity contribution in [2.24, 2.45) is 5.92 Å². The minimum Gasteiger partial charge on any atom is -0.396 e. The van der Waals surface area contributed by atoms with Gasteiger partial charge in [-0.3, -0.25) is 0 Å². The average molecular weight is 183 g/mol. The Balaban J connectivity index is 2.37. The highest BCUT2D eigenvalue weighted by molar-refractivity contribution is 5.02. The van der Waals surface area contributed by atoms with Crippen LogP contribution in [-0.4, -0.2) is 36.2 Å². The molecule has 2 nitrogen and oxygen atoms in total. The topological polar surface area (TPSA) is 23.5 Å². The number of piperidine rings is 1. The van der Waals surface area contributed by atoms with E-state index in [1.165, 1.54) is 25.0 Å². The molecule has 1 rings (SSSR count). The Morgan fingerprint density at radius 1 is 1.62 bits per heavy atom. The summed E-state index contributed by atoms with van der Waals surface area (Å²) in [6.07, 6.45) is 3.32. The fourth-order valence-electron chi connectivity index (χ4n) is 2.02. The van der Waals surface area contributed by atoms with E-state index in [-0.39, 0.29) is 6.61 Å². The van der Waals surface area contributed by atoms with Gasteiger partial charge in [-0.1, -0.05) is 19.1 Å². The minimum absolute atomic E-state index is 0.251. The van der Waals surface area contributed by atoms with E-state index in [0.29, 0.717) is 5.92 Å². The van der Waals surface area contributed by atoms with Crippen LogP contribution in [0.2, 0.25) is 0 Å². The van der Waals surface area contributed by atoms with Gasteiger partial charge < -0.3 is 10.0 Å². The van der Waals surface area contributed by atoms with Crippen molar-refractivity contribution in [3.8, 4) is 0 Å². The number of likely N-dealkylation sites (tertiary alicyclic amines) is 1. The van der Waals surface area contributed by atoms with Crippen LogP contribution in [-0.2, 0) is 0 Å². The third-order valence-corrected chi connectivity index (χ3v) is 2.96. The average Bonchev–Trinajstić information content (AvgIpc) is 2.18. The first-order valence-electron chi connectivity index (χ1n) is 5.28. The van der Waals surface area contributed by atoms with Crippen molar-refractivity contribution in [1.29, 1.82) is 0 Å². The summed E-state index contributed by atoms with van der Waals surface area (Å²) in [4.78, 5) is 2.47. The molecule has 0 aromatic rings. The third kappa shape index (κ3) is 3.12. The molecule has 0 aromatic heterocycles. The van der Waals surface area contributed by atoms with Gasteiger partial charge in [0.2, 0.25) is 0 Å². The lowest BCUT2D eigenvalue weighted by molar-refractivity contribution is 0.194. The van der Waals surface area contributed by atoms with E-state index in [1.807, 2.05) is 0 Å². The number of nitrogens with zero attached hydrogens (tertiary/aromatic N) is 1. The van der Waals surface area contributed by atoms with Gasteiger partial charge in [-0.25, -0.2) is 0 Å². The Hall–Kier alpha value is -0.340. The van der Waals surface area contributed by atoms with Gasteiger partial charge in [-0.15, -0.1) is 0 Å². The normalized spacial score (nSPS) is 24.6. The van der Waals surface area contributed by atoms with E-state index in [4.69, 9.17) is 5.11 Å². The molecule has 76 valence electrons. The van der Waals surface area contributed by atoms with Crippen LogP contribution in [0.5, 0.6) is 0 Å². The summed E-state index contributed by atoms with van der Waals surface area (Å²) < 4.78 is 0. The molecule has 0 bridgehead atoms. The molecule has 1 unspecified atom stereocenters. The third-order valence-electron chi connectivity index (χ3n) is 2.96. The second-order valence-corrected chi connectivity index (χ2v) is 3.86. The lowest BCUT2D eigenvalue weighted by Gasteiger charge is -2.32. The van der Waals surface area contributed by atoms with E-state index in [9.17, 15) is 0 Å². The SMILES string of the molecule is C=C(CCO)C1CCCN(CC)C1. The van der Waals surface area contributed by atoms with Crippen LogP contribution >= 0.6 is 0 Å². The summed E-state index contributed by atoms with van der Waals surface area (Å²) in [5, 5.41) is 8.82. The zero-order valence-electron chi connectivity index (χ0n) is 8.63. The van der Waals surface area contributed by atoms with Crippen molar-refractivity contribution in [1.82, 2.24) is 4.90 Å². The summed E-state index contributed by atoms with van der Waals surface area (Å²) >= 11 is 0. The molecular weight excluding hydrogens is 162 g/mol. The lowest BCUT2D eigenvalue weighted by Crippen LogP contribution is -2.35. The lowest BCUT2D eigenvalue weighted by atomic mass is 9.90. The second kappa shape index (κ2) is 5.40. The van der Waals surface area contributed by atoms with Crippen LogP contribution < -0.4 is 0 Å². The molecule has 13 heavy (non-hydrogen) atoms. The zero-order valence-corrected chi connectivity index (χ0v) is 8.63. The molecule has 0 amide bonds. The summed E-state index contributed by atoms with van der Waals surface area (Å²) in [5.74, 6) is 0.626. The first-order chi connectivity index (χ1) is 6.27. The van der Waals surface area contributed by atoms with Gasteiger partial charge >= 0.3 is 0 Å². The summed E-state index contributed by atoms with van der Waals surface area (Å²) in [6, 6.07) is 0. The van der Waals surface area contributed by atoms with Gasteiger partial charge in [0.25, 0.3) is 0 Å². The smallest absolute Gasteiger partial charge is 0.0468 e. The van der Waals surface area contributed by atoms with Crippen molar-refractivity contribution in [3.05, 3.63) is 12.2 Å². The Labute approximate surface area is 81.2 Å². The van der Waals surface area contributed by atoms with Crippen molar-refractivity contribution >= 4 is 0 Å². The molecule has 1 N–H and O–H groups in total. The predicted octanol–water partition coefficient (Wildman–Crippen LogP) is 1.66. The first kappa shape index (κ1) is 10.7. The van der Waals surface area contributed by atoms with Crippen LogP contribution in [0.15, 0.2) is 12.2 Å². The number of hydrogen-bond acceptors (Lipinski definition) is 2. The maximum atomic E-state index is 8.82. The monoisotopic (exact) mass is 183 g/mol. The number of aliphatic hydroxyl groups excluding tert-OH is 1. The molecule has 0 aromatic carbocycles. The minimum atomic E-state index is 0.251. The van der Waals surface area contributed by atoms with Crippen LogP contribution in [0.4, 0.5) is 0 Å². The molecule has 0 aliphatic carbocycles. The van der Waals surface area contributed by atoms with Gasteiger partial charge in [0.1, 0.15) is 0 Å². The predicted molar refractivity (Wildman–Crippen MR) is 55.7 cm³/mol. The molecule has 1 aliphatic heterocycles. The van der Waals surface area contributed by atoms with Crippen molar-refractivity contribution < 1.29 is 5.11 Å². The fourth-order valence-corrected chi connectivity index (χ4v) is 2.02. The Bertz CT molecular complexity index is 167. The molecule has 1 fully saturated rings. The van der Waals surface area contributed by atoms with E-state index < -0.39 is 0 Å². The highest BCUT2D eigenvalue weighted by Crippen LogP contribution is 2.23. The van der Waals surface area contributed by atoms with Gasteiger partial charge in [0, 0.05) is 13.2 Å². The molecule has 0 spiro atoms. The van der Waals surface area contributed by atoms with Gasteiger partial charge in [0.05, 0.1) is 0 Å². The summed E-state index contributed by atoms with van der Waals surface area (Å²) in [5.41, 5.74) is 1.24.